The molecule has 0 spiro atoms. The monoisotopic (exact) mass is 227 g/mol. The van der Waals surface area contributed by atoms with Gasteiger partial charge in [0.25, 0.3) is 0 Å². The van der Waals surface area contributed by atoms with Gasteiger partial charge < -0.3 is 10.5 Å². The molecular weight excluding hydrogens is 210 g/mol. The number of esters is 1. The summed E-state index contributed by atoms with van der Waals surface area (Å²) in [6.45, 7) is 4.49. The fraction of sp³-hybridized carbons (Fsp3) is 0.545. The van der Waals surface area contributed by atoms with Crippen molar-refractivity contribution in [1.29, 1.82) is 0 Å². The second-order valence-electron chi connectivity index (χ2n) is 3.95. The standard InChI is InChI=1S/C11H17NO2S/c1-8-4-5-15-10(8)11(2,7-12)6-9(13)14-3/h4-5H,6-7,12H2,1-3H3. The van der Waals surface area contributed by atoms with E-state index in [1.165, 1.54) is 17.6 Å². The molecule has 1 aromatic rings. The smallest absolute Gasteiger partial charge is 0.306 e. The lowest BCUT2D eigenvalue weighted by atomic mass is 9.83. The molecule has 3 nitrogen and oxygen atoms in total. The Bertz CT molecular complexity index is 348. The molecule has 0 fully saturated rings. The first-order valence-corrected chi connectivity index (χ1v) is 5.73. The van der Waals surface area contributed by atoms with Crippen LogP contribution in [-0.4, -0.2) is 19.6 Å². The van der Waals surface area contributed by atoms with Crippen LogP contribution in [0.2, 0.25) is 0 Å². The summed E-state index contributed by atoms with van der Waals surface area (Å²) in [5.41, 5.74) is 6.66. The van der Waals surface area contributed by atoms with Gasteiger partial charge in [-0.25, -0.2) is 0 Å². The Labute approximate surface area is 94.2 Å². The molecule has 0 saturated heterocycles. The summed E-state index contributed by atoms with van der Waals surface area (Å²) < 4.78 is 4.70. The molecule has 1 atom stereocenters. The molecule has 0 aliphatic carbocycles. The van der Waals surface area contributed by atoms with Crippen LogP contribution in [0, 0.1) is 6.92 Å². The SMILES string of the molecule is COC(=O)CC(C)(CN)c1sccc1C. The molecule has 0 radical (unpaired) electrons. The van der Waals surface area contributed by atoms with E-state index in [9.17, 15) is 4.79 Å². The van der Waals surface area contributed by atoms with Crippen molar-refractivity contribution in [1.82, 2.24) is 0 Å². The van der Waals surface area contributed by atoms with E-state index in [1.54, 1.807) is 11.3 Å². The molecule has 2 N–H and O–H groups in total. The highest BCUT2D eigenvalue weighted by Crippen LogP contribution is 2.33. The Balaban J connectivity index is 2.95. The van der Waals surface area contributed by atoms with E-state index in [2.05, 4.69) is 0 Å². The molecule has 0 saturated carbocycles. The first-order chi connectivity index (χ1) is 7.03. The molecule has 0 aliphatic rings. The van der Waals surface area contributed by atoms with Gasteiger partial charge in [-0.2, -0.15) is 0 Å². The number of rotatable bonds is 4. The number of carbonyl (C=O) groups excluding carboxylic acids is 1. The van der Waals surface area contributed by atoms with Crippen molar-refractivity contribution in [2.75, 3.05) is 13.7 Å². The maximum absolute atomic E-state index is 11.3. The van der Waals surface area contributed by atoms with E-state index in [0.717, 1.165) is 0 Å². The molecule has 84 valence electrons. The van der Waals surface area contributed by atoms with Crippen molar-refractivity contribution in [3.8, 4) is 0 Å². The Morgan fingerprint density at radius 3 is 2.73 bits per heavy atom. The molecule has 0 bridgehead atoms. The van der Waals surface area contributed by atoms with Gasteiger partial charge in [-0.3, -0.25) is 4.79 Å². The maximum Gasteiger partial charge on any atom is 0.306 e. The quantitative estimate of drug-likeness (QED) is 0.798. The summed E-state index contributed by atoms with van der Waals surface area (Å²) in [4.78, 5) is 12.5. The lowest BCUT2D eigenvalue weighted by Gasteiger charge is -2.26. The topological polar surface area (TPSA) is 52.3 Å². The highest BCUT2D eigenvalue weighted by atomic mass is 32.1. The van der Waals surface area contributed by atoms with Crippen molar-refractivity contribution in [2.24, 2.45) is 5.73 Å². The van der Waals surface area contributed by atoms with E-state index in [0.29, 0.717) is 13.0 Å². The highest BCUT2D eigenvalue weighted by Gasteiger charge is 2.31. The Hall–Kier alpha value is -0.870. The van der Waals surface area contributed by atoms with E-state index < -0.39 is 0 Å². The lowest BCUT2D eigenvalue weighted by molar-refractivity contribution is -0.141. The summed E-state index contributed by atoms with van der Waals surface area (Å²) >= 11 is 1.65. The molecule has 1 aromatic heterocycles. The van der Waals surface area contributed by atoms with Gasteiger partial charge in [0.15, 0.2) is 0 Å². The molecular formula is C11H17NO2S. The molecule has 0 amide bonds. The van der Waals surface area contributed by atoms with E-state index in [-0.39, 0.29) is 11.4 Å². The second kappa shape index (κ2) is 4.77. The van der Waals surface area contributed by atoms with Crippen molar-refractivity contribution in [3.63, 3.8) is 0 Å². The van der Waals surface area contributed by atoms with E-state index in [4.69, 9.17) is 10.5 Å². The lowest BCUT2D eigenvalue weighted by Crippen LogP contribution is -2.34. The van der Waals surface area contributed by atoms with Crippen molar-refractivity contribution in [3.05, 3.63) is 21.9 Å². The molecule has 1 unspecified atom stereocenters. The van der Waals surface area contributed by atoms with Crippen LogP contribution in [0.1, 0.15) is 23.8 Å². The molecule has 0 aromatic carbocycles. The second-order valence-corrected chi connectivity index (χ2v) is 4.87. The minimum atomic E-state index is -0.300. The zero-order valence-corrected chi connectivity index (χ0v) is 10.2. The minimum absolute atomic E-state index is 0.212. The van der Waals surface area contributed by atoms with Gasteiger partial charge in [-0.05, 0) is 23.9 Å². The molecule has 4 heteroatoms. The van der Waals surface area contributed by atoms with Crippen molar-refractivity contribution in [2.45, 2.75) is 25.7 Å². The third-order valence-corrected chi connectivity index (χ3v) is 3.95. The fourth-order valence-electron chi connectivity index (χ4n) is 1.63. The molecule has 15 heavy (non-hydrogen) atoms. The Morgan fingerprint density at radius 1 is 1.67 bits per heavy atom. The number of nitrogens with two attached hydrogens (primary N) is 1. The zero-order chi connectivity index (χ0) is 11.5. The average molecular weight is 227 g/mol. The predicted molar refractivity (Wildman–Crippen MR) is 62.1 cm³/mol. The van der Waals surface area contributed by atoms with E-state index >= 15 is 0 Å². The number of hydrogen-bond acceptors (Lipinski definition) is 4. The normalized spacial score (nSPS) is 14.7. The average Bonchev–Trinajstić information content (AvgIpc) is 2.64. The number of thiophene rings is 1. The van der Waals surface area contributed by atoms with Crippen LogP contribution in [0.15, 0.2) is 11.4 Å². The number of carbonyl (C=O) groups is 1. The van der Waals surface area contributed by atoms with Gasteiger partial charge in [0.2, 0.25) is 0 Å². The van der Waals surface area contributed by atoms with Crippen LogP contribution in [0.3, 0.4) is 0 Å². The summed E-state index contributed by atoms with van der Waals surface area (Å²) in [7, 11) is 1.40. The third-order valence-electron chi connectivity index (χ3n) is 2.62. The Kier molecular flexibility index (Phi) is 3.88. The number of methoxy groups -OCH3 is 1. The van der Waals surface area contributed by atoms with Crippen LogP contribution in [-0.2, 0) is 14.9 Å². The molecule has 0 aliphatic heterocycles. The van der Waals surface area contributed by atoms with Crippen LogP contribution in [0.5, 0.6) is 0 Å². The van der Waals surface area contributed by atoms with Gasteiger partial charge >= 0.3 is 5.97 Å². The van der Waals surface area contributed by atoms with E-state index in [1.807, 2.05) is 25.3 Å². The largest absolute Gasteiger partial charge is 0.469 e. The first kappa shape index (κ1) is 12.2. The summed E-state index contributed by atoms with van der Waals surface area (Å²) in [6.07, 6.45) is 0.335. The van der Waals surface area contributed by atoms with Crippen LogP contribution in [0.25, 0.3) is 0 Å². The van der Waals surface area contributed by atoms with Gasteiger partial charge in [0.05, 0.1) is 13.5 Å². The highest BCUT2D eigenvalue weighted by molar-refractivity contribution is 7.10. The summed E-state index contributed by atoms with van der Waals surface area (Å²) in [5.74, 6) is -0.212. The van der Waals surface area contributed by atoms with Gasteiger partial charge in [0, 0.05) is 16.8 Å². The predicted octanol–water partition coefficient (Wildman–Crippen LogP) is 1.84. The van der Waals surface area contributed by atoms with Crippen molar-refractivity contribution < 1.29 is 9.53 Å². The molecule has 1 rings (SSSR count). The number of hydrogen-bond donors (Lipinski definition) is 1. The van der Waals surface area contributed by atoms with Gasteiger partial charge in [-0.1, -0.05) is 6.92 Å². The third kappa shape index (κ3) is 2.58. The van der Waals surface area contributed by atoms with Crippen LogP contribution >= 0.6 is 11.3 Å². The van der Waals surface area contributed by atoms with Crippen LogP contribution < -0.4 is 5.73 Å². The minimum Gasteiger partial charge on any atom is -0.469 e. The number of ether oxygens (including phenoxy) is 1. The molecule has 1 heterocycles. The van der Waals surface area contributed by atoms with Crippen LogP contribution in [0.4, 0.5) is 0 Å². The van der Waals surface area contributed by atoms with Gasteiger partial charge in [0.1, 0.15) is 0 Å². The summed E-state index contributed by atoms with van der Waals surface area (Å²) in [6, 6.07) is 2.05. The maximum atomic E-state index is 11.3. The van der Waals surface area contributed by atoms with Gasteiger partial charge in [-0.15, -0.1) is 11.3 Å². The number of aryl methyl sites for hydroxylation is 1. The Morgan fingerprint density at radius 2 is 2.33 bits per heavy atom. The zero-order valence-electron chi connectivity index (χ0n) is 9.37. The fourth-order valence-corrected chi connectivity index (χ4v) is 2.73. The van der Waals surface area contributed by atoms with Crippen molar-refractivity contribution >= 4 is 17.3 Å². The summed E-state index contributed by atoms with van der Waals surface area (Å²) in [5, 5.41) is 2.02. The first-order valence-electron chi connectivity index (χ1n) is 4.85.